The summed E-state index contributed by atoms with van der Waals surface area (Å²) in [6.07, 6.45) is 0. The SMILES string of the molecule is CCNC(=O)COc1cccc(NC(=O)c2csc(-c3ccccc3)n2)c1. The molecule has 6 nitrogen and oxygen atoms in total. The molecule has 3 aromatic rings. The molecule has 27 heavy (non-hydrogen) atoms. The lowest BCUT2D eigenvalue weighted by atomic mass is 10.2. The lowest BCUT2D eigenvalue weighted by Gasteiger charge is -2.08. The van der Waals surface area contributed by atoms with E-state index in [1.165, 1.54) is 11.3 Å². The van der Waals surface area contributed by atoms with Crippen LogP contribution in [0.1, 0.15) is 17.4 Å². The molecule has 1 heterocycles. The monoisotopic (exact) mass is 381 g/mol. The number of nitrogens with one attached hydrogen (secondary N) is 2. The minimum Gasteiger partial charge on any atom is -0.484 e. The molecule has 0 spiro atoms. The lowest BCUT2D eigenvalue weighted by molar-refractivity contribution is -0.122. The minimum absolute atomic E-state index is 0.0717. The molecule has 138 valence electrons. The van der Waals surface area contributed by atoms with Crippen LogP contribution in [0, 0.1) is 0 Å². The molecule has 2 amide bonds. The van der Waals surface area contributed by atoms with Gasteiger partial charge in [-0.15, -0.1) is 11.3 Å². The average molecular weight is 381 g/mol. The van der Waals surface area contributed by atoms with Crippen molar-refractivity contribution in [2.75, 3.05) is 18.5 Å². The van der Waals surface area contributed by atoms with Gasteiger partial charge in [0.2, 0.25) is 0 Å². The summed E-state index contributed by atoms with van der Waals surface area (Å²) < 4.78 is 5.43. The first-order valence-corrected chi connectivity index (χ1v) is 9.35. The van der Waals surface area contributed by atoms with Gasteiger partial charge < -0.3 is 15.4 Å². The van der Waals surface area contributed by atoms with Gasteiger partial charge in [0.25, 0.3) is 11.8 Å². The molecule has 3 rings (SSSR count). The summed E-state index contributed by atoms with van der Waals surface area (Å²) in [6, 6.07) is 16.6. The molecule has 2 aromatic carbocycles. The van der Waals surface area contributed by atoms with E-state index in [1.54, 1.807) is 29.6 Å². The van der Waals surface area contributed by atoms with Crippen molar-refractivity contribution in [2.45, 2.75) is 6.92 Å². The minimum atomic E-state index is -0.297. The zero-order valence-electron chi connectivity index (χ0n) is 14.8. The Balaban J connectivity index is 1.63. The third-order valence-corrected chi connectivity index (χ3v) is 4.48. The first-order chi connectivity index (χ1) is 13.2. The van der Waals surface area contributed by atoms with E-state index in [-0.39, 0.29) is 18.4 Å². The van der Waals surface area contributed by atoms with Gasteiger partial charge in [0.05, 0.1) is 0 Å². The number of hydrogen-bond donors (Lipinski definition) is 2. The van der Waals surface area contributed by atoms with Gasteiger partial charge in [0.1, 0.15) is 16.5 Å². The van der Waals surface area contributed by atoms with Crippen LogP contribution in [-0.4, -0.2) is 29.9 Å². The average Bonchev–Trinajstić information content (AvgIpc) is 3.18. The predicted molar refractivity (Wildman–Crippen MR) is 106 cm³/mol. The van der Waals surface area contributed by atoms with Gasteiger partial charge in [-0.25, -0.2) is 4.98 Å². The number of carbonyl (C=O) groups is 2. The number of anilines is 1. The Morgan fingerprint density at radius 1 is 1.11 bits per heavy atom. The molecule has 0 radical (unpaired) electrons. The Bertz CT molecular complexity index is 925. The highest BCUT2D eigenvalue weighted by Crippen LogP contribution is 2.24. The Morgan fingerprint density at radius 3 is 2.70 bits per heavy atom. The van der Waals surface area contributed by atoms with E-state index in [0.717, 1.165) is 10.6 Å². The van der Waals surface area contributed by atoms with Gasteiger partial charge in [0, 0.05) is 29.2 Å². The Hall–Kier alpha value is -3.19. The molecule has 0 aliphatic carbocycles. The summed E-state index contributed by atoms with van der Waals surface area (Å²) in [5.41, 5.74) is 1.90. The molecule has 7 heteroatoms. The molecule has 0 aliphatic heterocycles. The Kier molecular flexibility index (Phi) is 6.17. The highest BCUT2D eigenvalue weighted by Gasteiger charge is 2.12. The predicted octanol–water partition coefficient (Wildman–Crippen LogP) is 3.58. The summed E-state index contributed by atoms with van der Waals surface area (Å²) >= 11 is 1.42. The van der Waals surface area contributed by atoms with E-state index in [9.17, 15) is 9.59 Å². The van der Waals surface area contributed by atoms with Gasteiger partial charge >= 0.3 is 0 Å². The fourth-order valence-corrected chi connectivity index (χ4v) is 3.15. The van der Waals surface area contributed by atoms with Crippen LogP contribution in [0.3, 0.4) is 0 Å². The quantitative estimate of drug-likeness (QED) is 0.656. The molecule has 0 saturated heterocycles. The summed E-state index contributed by atoms with van der Waals surface area (Å²) in [5, 5.41) is 7.98. The van der Waals surface area contributed by atoms with E-state index in [2.05, 4.69) is 15.6 Å². The van der Waals surface area contributed by atoms with E-state index in [4.69, 9.17) is 4.74 Å². The van der Waals surface area contributed by atoms with Crippen molar-refractivity contribution in [1.82, 2.24) is 10.3 Å². The number of carbonyl (C=O) groups excluding carboxylic acids is 2. The number of benzene rings is 2. The molecule has 1 aromatic heterocycles. The maximum Gasteiger partial charge on any atom is 0.275 e. The number of aromatic nitrogens is 1. The van der Waals surface area contributed by atoms with Gasteiger partial charge in [-0.05, 0) is 19.1 Å². The smallest absolute Gasteiger partial charge is 0.275 e. The lowest BCUT2D eigenvalue weighted by Crippen LogP contribution is -2.28. The number of rotatable bonds is 7. The standard InChI is InChI=1S/C20H19N3O3S/c1-2-21-18(24)12-26-16-10-6-9-15(11-16)22-19(25)17-13-27-20(23-17)14-7-4-3-5-8-14/h3-11,13H,2,12H2,1H3,(H,21,24)(H,22,25). The molecule has 0 atom stereocenters. The highest BCUT2D eigenvalue weighted by molar-refractivity contribution is 7.13. The van der Waals surface area contributed by atoms with Crippen LogP contribution in [0.15, 0.2) is 60.0 Å². The molecule has 0 saturated carbocycles. The number of likely N-dealkylation sites (N-methyl/N-ethyl adjacent to an activating group) is 1. The molecule has 0 bridgehead atoms. The third kappa shape index (κ3) is 5.15. The van der Waals surface area contributed by atoms with Crippen molar-refractivity contribution in [3.63, 3.8) is 0 Å². The summed E-state index contributed by atoms with van der Waals surface area (Å²) in [4.78, 5) is 28.3. The van der Waals surface area contributed by atoms with Crippen molar-refractivity contribution in [3.05, 3.63) is 65.7 Å². The van der Waals surface area contributed by atoms with Crippen LogP contribution < -0.4 is 15.4 Å². The van der Waals surface area contributed by atoms with E-state index >= 15 is 0 Å². The second-order valence-electron chi connectivity index (χ2n) is 5.63. The molecule has 2 N–H and O–H groups in total. The normalized spacial score (nSPS) is 10.3. The topological polar surface area (TPSA) is 80.3 Å². The van der Waals surface area contributed by atoms with Gasteiger partial charge in [-0.1, -0.05) is 36.4 Å². The van der Waals surface area contributed by atoms with Crippen LogP contribution in [0.2, 0.25) is 0 Å². The zero-order chi connectivity index (χ0) is 19.1. The van der Waals surface area contributed by atoms with E-state index in [0.29, 0.717) is 23.7 Å². The fourth-order valence-electron chi connectivity index (χ4n) is 2.35. The zero-order valence-corrected chi connectivity index (χ0v) is 15.6. The van der Waals surface area contributed by atoms with Gasteiger partial charge in [-0.3, -0.25) is 9.59 Å². The number of amides is 2. The summed E-state index contributed by atoms with van der Waals surface area (Å²) in [7, 11) is 0. The van der Waals surface area contributed by atoms with Crippen LogP contribution in [0.4, 0.5) is 5.69 Å². The third-order valence-electron chi connectivity index (χ3n) is 3.59. The highest BCUT2D eigenvalue weighted by atomic mass is 32.1. The molecular weight excluding hydrogens is 362 g/mol. The van der Waals surface area contributed by atoms with E-state index in [1.807, 2.05) is 37.3 Å². The molecule has 0 fully saturated rings. The largest absolute Gasteiger partial charge is 0.484 e. The van der Waals surface area contributed by atoms with Crippen molar-refractivity contribution >= 4 is 28.8 Å². The van der Waals surface area contributed by atoms with Crippen molar-refractivity contribution in [3.8, 4) is 16.3 Å². The van der Waals surface area contributed by atoms with E-state index < -0.39 is 0 Å². The molecular formula is C20H19N3O3S. The molecule has 0 aliphatic rings. The van der Waals surface area contributed by atoms with Crippen LogP contribution in [0.5, 0.6) is 5.75 Å². The maximum atomic E-state index is 12.4. The fraction of sp³-hybridized carbons (Fsp3) is 0.150. The van der Waals surface area contributed by atoms with Crippen LogP contribution in [-0.2, 0) is 4.79 Å². The van der Waals surface area contributed by atoms with Crippen molar-refractivity contribution in [2.24, 2.45) is 0 Å². The Labute approximate surface area is 161 Å². The second-order valence-corrected chi connectivity index (χ2v) is 6.49. The summed E-state index contributed by atoms with van der Waals surface area (Å²) in [5.74, 6) is 0.0134. The number of ether oxygens (including phenoxy) is 1. The van der Waals surface area contributed by atoms with Gasteiger partial charge in [-0.2, -0.15) is 0 Å². The molecule has 0 unspecified atom stereocenters. The first kappa shape index (κ1) is 18.6. The number of nitrogens with zero attached hydrogens (tertiary/aromatic N) is 1. The van der Waals surface area contributed by atoms with Crippen LogP contribution in [0.25, 0.3) is 10.6 Å². The van der Waals surface area contributed by atoms with Crippen molar-refractivity contribution in [1.29, 1.82) is 0 Å². The second kappa shape index (κ2) is 8.95. The number of hydrogen-bond acceptors (Lipinski definition) is 5. The number of thiazole rings is 1. The summed E-state index contributed by atoms with van der Waals surface area (Å²) in [6.45, 7) is 2.32. The Morgan fingerprint density at radius 2 is 1.93 bits per heavy atom. The first-order valence-electron chi connectivity index (χ1n) is 8.47. The van der Waals surface area contributed by atoms with Gasteiger partial charge in [0.15, 0.2) is 6.61 Å². The van der Waals surface area contributed by atoms with Crippen molar-refractivity contribution < 1.29 is 14.3 Å². The van der Waals surface area contributed by atoms with Crippen LogP contribution >= 0.6 is 11.3 Å². The maximum absolute atomic E-state index is 12.4.